The lowest BCUT2D eigenvalue weighted by Gasteiger charge is -2.29. The lowest BCUT2D eigenvalue weighted by atomic mass is 9.91. The van der Waals surface area contributed by atoms with Gasteiger partial charge >= 0.3 is 23.9 Å². The van der Waals surface area contributed by atoms with E-state index in [1.54, 1.807) is 13.8 Å². The van der Waals surface area contributed by atoms with Crippen molar-refractivity contribution in [2.24, 2.45) is 17.8 Å². The molecule has 1 saturated carbocycles. The third-order valence-electron chi connectivity index (χ3n) is 7.09. The molecule has 236 valence electrons. The number of hydrogen-bond acceptors (Lipinski definition) is 12. The molecule has 1 aliphatic heterocycles. The molecule has 1 aliphatic carbocycles. The van der Waals surface area contributed by atoms with Crippen molar-refractivity contribution < 1.29 is 52.4 Å². The highest BCUT2D eigenvalue weighted by molar-refractivity contribution is 5.98. The van der Waals surface area contributed by atoms with Gasteiger partial charge in [0.1, 0.15) is 18.6 Å². The number of ether oxygens (including phenoxy) is 6. The summed E-state index contributed by atoms with van der Waals surface area (Å²) < 4.78 is 32.7. The molecule has 0 radical (unpaired) electrons. The molecule has 1 saturated heterocycles. The van der Waals surface area contributed by atoms with Crippen molar-refractivity contribution >= 4 is 29.8 Å². The lowest BCUT2D eigenvalue weighted by molar-refractivity contribution is -0.176. The van der Waals surface area contributed by atoms with E-state index in [0.717, 1.165) is 18.4 Å². The highest BCUT2D eigenvalue weighted by Crippen LogP contribution is 2.32. The van der Waals surface area contributed by atoms with Crippen LogP contribution in [0.3, 0.4) is 0 Å². The monoisotopic (exact) mass is 612 g/mol. The third kappa shape index (κ3) is 8.23. The summed E-state index contributed by atoms with van der Waals surface area (Å²) in [7, 11) is 1.35. The van der Waals surface area contributed by atoms with Crippen LogP contribution in [-0.2, 0) is 44.5 Å². The predicted octanol–water partition coefficient (Wildman–Crippen LogP) is 2.39. The summed E-state index contributed by atoms with van der Waals surface area (Å²) in [6.45, 7) is 3.74. The predicted molar refractivity (Wildman–Crippen MR) is 151 cm³/mol. The average Bonchev–Trinajstić information content (AvgIpc) is 3.86. The lowest BCUT2D eigenvalue weighted by Crippen LogP contribution is -2.47. The van der Waals surface area contributed by atoms with Crippen LogP contribution in [0, 0.1) is 17.8 Å². The molecule has 1 aromatic carbocycles. The van der Waals surface area contributed by atoms with Gasteiger partial charge in [-0.15, -0.1) is 0 Å². The number of benzene rings is 1. The summed E-state index contributed by atoms with van der Waals surface area (Å²) in [4.78, 5) is 68.6. The Kier molecular flexibility index (Phi) is 10.7. The summed E-state index contributed by atoms with van der Waals surface area (Å²) in [5.74, 6) is -5.18. The number of aromatic nitrogens is 1. The van der Waals surface area contributed by atoms with E-state index in [1.165, 1.54) is 26.3 Å². The molecule has 2 heterocycles. The van der Waals surface area contributed by atoms with E-state index < -0.39 is 73.3 Å². The van der Waals surface area contributed by atoms with Gasteiger partial charge in [0.15, 0.2) is 29.3 Å². The van der Waals surface area contributed by atoms with E-state index in [4.69, 9.17) is 28.4 Å². The van der Waals surface area contributed by atoms with E-state index >= 15 is 0 Å². The molecular formula is C31H36N2O11. The second kappa shape index (κ2) is 14.7. The maximum atomic E-state index is 13.4. The third-order valence-corrected chi connectivity index (χ3v) is 7.09. The van der Waals surface area contributed by atoms with Gasteiger partial charge in [-0.05, 0) is 31.7 Å². The molecule has 4 atom stereocenters. The number of esters is 4. The topological polar surface area (TPSA) is 166 Å². The number of amides is 1. The fraction of sp³-hybridized carbons (Fsp3) is 0.484. The number of pyridine rings is 1. The molecule has 44 heavy (non-hydrogen) atoms. The standard InChI is InChI=1S/C31H36N2O11/c1-17(2)28(35)44-25-18(3)43-31(38)22(15-40-30(37)21(25)14-19-8-6-5-7-9-19)33-27(34)24-26(23(39-4)12-13-32-24)41-16-42-29(36)20-10-11-20/h5-9,12-13,17-18,20-22,25H,10-11,14-16H2,1-4H3,(H,33,34). The average molecular weight is 613 g/mol. The zero-order valence-electron chi connectivity index (χ0n) is 25.0. The first kappa shape index (κ1) is 32.2. The Morgan fingerprint density at radius 1 is 1.07 bits per heavy atom. The normalized spacial score (nSPS) is 21.9. The van der Waals surface area contributed by atoms with Gasteiger partial charge in [0.05, 0.1) is 18.9 Å². The van der Waals surface area contributed by atoms with Crippen LogP contribution >= 0.6 is 0 Å². The van der Waals surface area contributed by atoms with Gasteiger partial charge in [0.25, 0.3) is 5.91 Å². The number of nitrogens with one attached hydrogen (secondary N) is 1. The minimum atomic E-state index is -1.45. The molecule has 1 aromatic heterocycles. The van der Waals surface area contributed by atoms with Gasteiger partial charge in [0.2, 0.25) is 6.79 Å². The summed E-state index contributed by atoms with van der Waals surface area (Å²) in [5.41, 5.74) is 0.506. The van der Waals surface area contributed by atoms with Gasteiger partial charge in [-0.3, -0.25) is 19.2 Å². The van der Waals surface area contributed by atoms with Crippen LogP contribution in [0.25, 0.3) is 0 Å². The Bertz CT molecular complexity index is 1360. The Morgan fingerprint density at radius 3 is 2.45 bits per heavy atom. The van der Waals surface area contributed by atoms with Crippen molar-refractivity contribution in [3.8, 4) is 11.5 Å². The van der Waals surface area contributed by atoms with E-state index in [-0.39, 0.29) is 29.5 Å². The molecule has 13 nitrogen and oxygen atoms in total. The first-order valence-electron chi connectivity index (χ1n) is 14.3. The zero-order valence-corrected chi connectivity index (χ0v) is 25.0. The molecule has 4 rings (SSSR count). The van der Waals surface area contributed by atoms with Crippen LogP contribution in [0.15, 0.2) is 42.6 Å². The minimum Gasteiger partial charge on any atom is -0.493 e. The smallest absolute Gasteiger partial charge is 0.332 e. The zero-order chi connectivity index (χ0) is 31.8. The highest BCUT2D eigenvalue weighted by Gasteiger charge is 2.42. The molecule has 4 unspecified atom stereocenters. The summed E-state index contributed by atoms with van der Waals surface area (Å²) in [6, 6.07) is 9.07. The van der Waals surface area contributed by atoms with E-state index in [2.05, 4.69) is 10.3 Å². The molecule has 1 N–H and O–H groups in total. The van der Waals surface area contributed by atoms with Crippen molar-refractivity contribution in [2.75, 3.05) is 20.5 Å². The molecule has 1 amide bonds. The van der Waals surface area contributed by atoms with Crippen LogP contribution in [0.1, 0.15) is 49.7 Å². The van der Waals surface area contributed by atoms with Crippen molar-refractivity contribution in [2.45, 2.75) is 58.3 Å². The van der Waals surface area contributed by atoms with Gasteiger partial charge in [-0.1, -0.05) is 44.2 Å². The Balaban J connectivity index is 1.53. The Labute approximate surface area is 254 Å². The number of carbonyl (C=O) groups excluding carboxylic acids is 5. The van der Waals surface area contributed by atoms with E-state index in [1.807, 2.05) is 30.3 Å². The van der Waals surface area contributed by atoms with Crippen molar-refractivity contribution in [1.29, 1.82) is 0 Å². The Hall–Kier alpha value is -4.68. The number of carbonyl (C=O) groups is 5. The van der Waals surface area contributed by atoms with Crippen LogP contribution in [0.2, 0.25) is 0 Å². The van der Waals surface area contributed by atoms with E-state index in [0.29, 0.717) is 0 Å². The minimum absolute atomic E-state index is 0.124. The van der Waals surface area contributed by atoms with Crippen molar-refractivity contribution in [3.05, 3.63) is 53.9 Å². The maximum Gasteiger partial charge on any atom is 0.332 e. The summed E-state index contributed by atoms with van der Waals surface area (Å²) in [6.07, 6.45) is 0.707. The second-order valence-electron chi connectivity index (χ2n) is 10.8. The van der Waals surface area contributed by atoms with Crippen molar-refractivity contribution in [1.82, 2.24) is 10.3 Å². The van der Waals surface area contributed by atoms with Gasteiger partial charge in [-0.2, -0.15) is 0 Å². The number of cyclic esters (lactones) is 2. The number of rotatable bonds is 11. The number of nitrogens with zero attached hydrogens (tertiary/aromatic N) is 1. The summed E-state index contributed by atoms with van der Waals surface area (Å²) in [5, 5.41) is 2.47. The molecule has 0 spiro atoms. The fourth-order valence-corrected chi connectivity index (χ4v) is 4.45. The van der Waals surface area contributed by atoms with Crippen molar-refractivity contribution in [3.63, 3.8) is 0 Å². The Morgan fingerprint density at radius 2 is 1.80 bits per heavy atom. The molecule has 13 heteroatoms. The highest BCUT2D eigenvalue weighted by atomic mass is 16.7. The number of hydrogen-bond donors (Lipinski definition) is 1. The van der Waals surface area contributed by atoms with Crippen LogP contribution < -0.4 is 14.8 Å². The molecule has 2 aliphatic rings. The molecule has 2 aromatic rings. The fourth-order valence-electron chi connectivity index (χ4n) is 4.45. The maximum absolute atomic E-state index is 13.4. The molecule has 0 bridgehead atoms. The quantitative estimate of drug-likeness (QED) is 0.224. The summed E-state index contributed by atoms with van der Waals surface area (Å²) >= 11 is 0. The molecule has 2 fully saturated rings. The second-order valence-corrected chi connectivity index (χ2v) is 10.8. The van der Waals surface area contributed by atoms with Gasteiger partial charge < -0.3 is 33.7 Å². The number of methoxy groups -OCH3 is 1. The van der Waals surface area contributed by atoms with E-state index in [9.17, 15) is 24.0 Å². The first-order chi connectivity index (χ1) is 21.1. The van der Waals surface area contributed by atoms with Gasteiger partial charge in [0, 0.05) is 12.3 Å². The van der Waals surface area contributed by atoms with Crippen LogP contribution in [0.5, 0.6) is 11.5 Å². The largest absolute Gasteiger partial charge is 0.493 e. The van der Waals surface area contributed by atoms with Gasteiger partial charge in [-0.25, -0.2) is 9.78 Å². The first-order valence-corrected chi connectivity index (χ1v) is 14.3. The SMILES string of the molecule is COc1ccnc(C(=O)NC2COC(=O)C(Cc3ccccc3)C(OC(=O)C(C)C)C(C)OC2=O)c1OCOC(=O)C1CC1. The van der Waals surface area contributed by atoms with Crippen LogP contribution in [0.4, 0.5) is 0 Å². The molecular weight excluding hydrogens is 576 g/mol. The van der Waals surface area contributed by atoms with Crippen LogP contribution in [-0.4, -0.2) is 73.5 Å².